The van der Waals surface area contributed by atoms with Crippen LogP contribution in [0.15, 0.2) is 66.7 Å². The first-order valence-electron chi connectivity index (χ1n) is 10.2. The van der Waals surface area contributed by atoms with Crippen molar-refractivity contribution in [2.45, 2.75) is 0 Å². The number of rotatable bonds is 7. The van der Waals surface area contributed by atoms with E-state index in [2.05, 4.69) is 30.8 Å². The lowest BCUT2D eigenvalue weighted by molar-refractivity contribution is -0.384. The predicted octanol–water partition coefficient (Wildman–Crippen LogP) is 5.26. The van der Waals surface area contributed by atoms with Gasteiger partial charge in [-0.15, -0.1) is 0 Å². The molecule has 5 rings (SSSR count). The molecular formula is C23H18ClN7O2. The number of hydrogen-bond donors (Lipinski definition) is 3. The number of aromatic nitrogens is 4. The number of nitro groups is 1. The lowest BCUT2D eigenvalue weighted by atomic mass is 10.1. The highest BCUT2D eigenvalue weighted by molar-refractivity contribution is 6.33. The molecule has 0 spiro atoms. The molecule has 0 aliphatic rings. The number of halogens is 1. The number of nitro benzene ring substituents is 1. The minimum Gasteiger partial charge on any atom is -0.368 e. The molecule has 0 atom stereocenters. The summed E-state index contributed by atoms with van der Waals surface area (Å²) in [7, 11) is 0. The van der Waals surface area contributed by atoms with Gasteiger partial charge < -0.3 is 10.6 Å². The molecule has 5 aromatic rings. The minimum atomic E-state index is -0.487. The quantitative estimate of drug-likeness (QED) is 0.172. The van der Waals surface area contributed by atoms with E-state index in [1.807, 2.05) is 48.5 Å². The number of anilines is 2. The third kappa shape index (κ3) is 4.13. The van der Waals surface area contributed by atoms with Crippen LogP contribution in [0.25, 0.3) is 33.2 Å². The molecule has 0 bridgehead atoms. The van der Waals surface area contributed by atoms with E-state index in [1.165, 1.54) is 12.1 Å². The van der Waals surface area contributed by atoms with Crippen molar-refractivity contribution < 1.29 is 4.92 Å². The van der Waals surface area contributed by atoms with E-state index < -0.39 is 4.92 Å². The summed E-state index contributed by atoms with van der Waals surface area (Å²) in [5.74, 6) is 1.83. The molecule has 2 heterocycles. The van der Waals surface area contributed by atoms with Gasteiger partial charge in [0.1, 0.15) is 5.82 Å². The fraction of sp³-hybridized carbons (Fsp3) is 0.0870. The molecule has 0 fully saturated rings. The van der Waals surface area contributed by atoms with Crippen LogP contribution in [0.3, 0.4) is 0 Å². The largest absolute Gasteiger partial charge is 0.368 e. The third-order valence-electron chi connectivity index (χ3n) is 5.19. The molecule has 9 nitrogen and oxygen atoms in total. The van der Waals surface area contributed by atoms with Gasteiger partial charge in [-0.2, -0.15) is 5.10 Å². The Morgan fingerprint density at radius 3 is 2.42 bits per heavy atom. The Balaban J connectivity index is 1.39. The minimum absolute atomic E-state index is 0.0835. The molecule has 0 aliphatic heterocycles. The van der Waals surface area contributed by atoms with Gasteiger partial charge in [0, 0.05) is 41.6 Å². The molecule has 164 valence electrons. The molecule has 0 saturated carbocycles. The number of hydrogen-bond acceptors (Lipinski definition) is 7. The van der Waals surface area contributed by atoms with E-state index in [1.54, 1.807) is 6.07 Å². The van der Waals surface area contributed by atoms with Crippen LogP contribution < -0.4 is 10.6 Å². The lowest BCUT2D eigenvalue weighted by Gasteiger charge is -2.12. The second-order valence-electron chi connectivity index (χ2n) is 7.31. The average molecular weight is 460 g/mol. The molecule has 0 amide bonds. The molecule has 0 unspecified atom stereocenters. The van der Waals surface area contributed by atoms with Crippen molar-refractivity contribution in [3.8, 4) is 11.4 Å². The number of nitrogens with one attached hydrogen (secondary N) is 3. The van der Waals surface area contributed by atoms with Gasteiger partial charge in [-0.1, -0.05) is 35.9 Å². The molecule has 0 radical (unpaired) electrons. The van der Waals surface area contributed by atoms with E-state index in [-0.39, 0.29) is 10.7 Å². The smallest absolute Gasteiger partial charge is 0.270 e. The van der Waals surface area contributed by atoms with E-state index in [4.69, 9.17) is 11.6 Å². The Labute approximate surface area is 193 Å². The van der Waals surface area contributed by atoms with Crippen LogP contribution in [0, 0.1) is 10.1 Å². The Bertz CT molecular complexity index is 1480. The van der Waals surface area contributed by atoms with Crippen LogP contribution in [-0.2, 0) is 0 Å². The van der Waals surface area contributed by atoms with E-state index in [0.717, 1.165) is 27.6 Å². The molecule has 2 aromatic heterocycles. The van der Waals surface area contributed by atoms with Crippen LogP contribution in [0.1, 0.15) is 0 Å². The Morgan fingerprint density at radius 2 is 1.64 bits per heavy atom. The van der Waals surface area contributed by atoms with E-state index in [9.17, 15) is 10.1 Å². The summed E-state index contributed by atoms with van der Waals surface area (Å²) in [6.45, 7) is 1.19. The molecule has 33 heavy (non-hydrogen) atoms. The van der Waals surface area contributed by atoms with Gasteiger partial charge in [0.25, 0.3) is 5.69 Å². The van der Waals surface area contributed by atoms with Crippen molar-refractivity contribution >= 4 is 50.7 Å². The SMILES string of the molecule is O=[N+]([O-])c1ccc(-c2nc(NCCNc3n[nH]c4ccccc34)c3ccccc3n2)c(Cl)c1. The molecule has 0 saturated heterocycles. The first kappa shape index (κ1) is 20.7. The third-order valence-corrected chi connectivity index (χ3v) is 5.50. The zero-order valence-electron chi connectivity index (χ0n) is 17.2. The molecular weight excluding hydrogens is 442 g/mol. The van der Waals surface area contributed by atoms with E-state index in [0.29, 0.717) is 30.3 Å². The zero-order chi connectivity index (χ0) is 22.8. The van der Waals surface area contributed by atoms with Crippen LogP contribution in [0.4, 0.5) is 17.3 Å². The van der Waals surface area contributed by atoms with Gasteiger partial charge in [0.05, 0.1) is 21.0 Å². The van der Waals surface area contributed by atoms with E-state index >= 15 is 0 Å². The summed E-state index contributed by atoms with van der Waals surface area (Å²) in [4.78, 5) is 19.8. The summed E-state index contributed by atoms with van der Waals surface area (Å²) in [6.07, 6.45) is 0. The topological polar surface area (TPSA) is 122 Å². The highest BCUT2D eigenvalue weighted by atomic mass is 35.5. The number of fused-ring (bicyclic) bond motifs is 2. The van der Waals surface area contributed by atoms with Gasteiger partial charge in [0.15, 0.2) is 11.6 Å². The summed E-state index contributed by atoms with van der Waals surface area (Å²) in [6, 6.07) is 19.8. The predicted molar refractivity (Wildman–Crippen MR) is 130 cm³/mol. The zero-order valence-corrected chi connectivity index (χ0v) is 18.0. The standard InChI is InChI=1S/C23H18ClN7O2/c24-18-13-14(31(32)33)9-10-15(18)23-27-19-7-3-1-5-16(19)21(28-23)25-11-12-26-22-17-6-2-4-8-20(17)29-30-22/h1-10,13H,11-12H2,(H,25,27,28)(H2,26,29,30). The number of benzene rings is 3. The molecule has 10 heteroatoms. The van der Waals surface area contributed by atoms with Crippen molar-refractivity contribution in [1.29, 1.82) is 0 Å². The number of nitrogens with zero attached hydrogens (tertiary/aromatic N) is 4. The summed E-state index contributed by atoms with van der Waals surface area (Å²) in [5.41, 5.74) is 2.15. The normalized spacial score (nSPS) is 11.1. The van der Waals surface area contributed by atoms with Crippen LogP contribution >= 0.6 is 11.6 Å². The molecule has 0 aliphatic carbocycles. The maximum absolute atomic E-state index is 11.0. The second-order valence-corrected chi connectivity index (χ2v) is 7.71. The number of non-ortho nitro benzene ring substituents is 1. The number of para-hydroxylation sites is 2. The van der Waals surface area contributed by atoms with Crippen molar-refractivity contribution in [1.82, 2.24) is 20.2 Å². The summed E-state index contributed by atoms with van der Waals surface area (Å²) < 4.78 is 0. The maximum atomic E-state index is 11.0. The van der Waals surface area contributed by atoms with Gasteiger partial charge >= 0.3 is 0 Å². The van der Waals surface area contributed by atoms with Crippen LogP contribution in [-0.4, -0.2) is 38.2 Å². The Morgan fingerprint density at radius 1 is 0.909 bits per heavy atom. The van der Waals surface area contributed by atoms with Gasteiger partial charge in [-0.05, 0) is 30.3 Å². The van der Waals surface area contributed by atoms with Crippen molar-refractivity contribution in [3.05, 3.63) is 81.9 Å². The van der Waals surface area contributed by atoms with Crippen molar-refractivity contribution in [2.75, 3.05) is 23.7 Å². The number of H-pyrrole nitrogens is 1. The van der Waals surface area contributed by atoms with Gasteiger partial charge in [-0.3, -0.25) is 15.2 Å². The Kier molecular flexibility index (Phi) is 5.45. The Hall–Kier alpha value is -4.24. The molecule has 3 aromatic carbocycles. The van der Waals surface area contributed by atoms with Crippen LogP contribution in [0.5, 0.6) is 0 Å². The fourth-order valence-corrected chi connectivity index (χ4v) is 3.85. The second kappa shape index (κ2) is 8.71. The highest BCUT2D eigenvalue weighted by Crippen LogP contribution is 2.31. The molecule has 3 N–H and O–H groups in total. The van der Waals surface area contributed by atoms with Gasteiger partial charge in [0.2, 0.25) is 0 Å². The van der Waals surface area contributed by atoms with Crippen molar-refractivity contribution in [3.63, 3.8) is 0 Å². The lowest BCUT2D eigenvalue weighted by Crippen LogP contribution is -2.15. The fourth-order valence-electron chi connectivity index (χ4n) is 3.59. The number of aromatic amines is 1. The first-order valence-corrected chi connectivity index (χ1v) is 10.6. The highest BCUT2D eigenvalue weighted by Gasteiger charge is 2.15. The monoisotopic (exact) mass is 459 g/mol. The summed E-state index contributed by atoms with van der Waals surface area (Å²) in [5, 5.41) is 27.1. The maximum Gasteiger partial charge on any atom is 0.270 e. The van der Waals surface area contributed by atoms with Gasteiger partial charge in [-0.25, -0.2) is 9.97 Å². The first-order chi connectivity index (χ1) is 16.1. The average Bonchev–Trinajstić information content (AvgIpc) is 3.24. The van der Waals surface area contributed by atoms with Crippen molar-refractivity contribution in [2.24, 2.45) is 0 Å². The summed E-state index contributed by atoms with van der Waals surface area (Å²) >= 11 is 6.32. The van der Waals surface area contributed by atoms with Crippen LogP contribution in [0.2, 0.25) is 5.02 Å².